The number of aliphatic carboxylic acids is 2. The zero-order chi connectivity index (χ0) is 15.9. The van der Waals surface area contributed by atoms with E-state index in [4.69, 9.17) is 10.1 Å². The Balaban J connectivity index is 1.95. The molecule has 7 nitrogen and oxygen atoms in total. The van der Waals surface area contributed by atoms with Gasteiger partial charge in [0.05, 0.1) is 35.1 Å². The summed E-state index contributed by atoms with van der Waals surface area (Å²) in [6.07, 6.45) is -0.737. The van der Waals surface area contributed by atoms with Gasteiger partial charge in [0.15, 0.2) is 0 Å². The Labute approximate surface area is 125 Å². The van der Waals surface area contributed by atoms with Crippen molar-refractivity contribution in [3.05, 3.63) is 35.4 Å². The number of hydrogen-bond acceptors (Lipinski definition) is 5. The van der Waals surface area contributed by atoms with Crippen LogP contribution in [0.25, 0.3) is 0 Å². The molecule has 1 aromatic rings. The van der Waals surface area contributed by atoms with Crippen molar-refractivity contribution in [1.82, 2.24) is 0 Å². The molecule has 1 heterocycles. The second-order valence-electron chi connectivity index (χ2n) is 5.39. The van der Waals surface area contributed by atoms with E-state index >= 15 is 0 Å². The van der Waals surface area contributed by atoms with Crippen LogP contribution in [0.15, 0.2) is 29.4 Å². The maximum atomic E-state index is 11.4. The number of carbonyl (C=O) groups is 2. The Kier molecular flexibility index (Phi) is 3.29. The molecular formula is C15H12N2O5. The van der Waals surface area contributed by atoms with E-state index < -0.39 is 35.8 Å². The lowest BCUT2D eigenvalue weighted by Gasteiger charge is -2.15. The van der Waals surface area contributed by atoms with Gasteiger partial charge in [-0.1, -0.05) is 17.3 Å². The van der Waals surface area contributed by atoms with Crippen LogP contribution >= 0.6 is 0 Å². The van der Waals surface area contributed by atoms with Crippen LogP contribution in [0.1, 0.15) is 17.5 Å². The largest absolute Gasteiger partial charge is 0.481 e. The highest BCUT2D eigenvalue weighted by atomic mass is 16.6. The minimum absolute atomic E-state index is 0.0231. The Morgan fingerprint density at radius 3 is 2.36 bits per heavy atom. The van der Waals surface area contributed by atoms with Gasteiger partial charge in [0, 0.05) is 0 Å². The molecule has 0 radical (unpaired) electrons. The van der Waals surface area contributed by atoms with Crippen LogP contribution < -0.4 is 0 Å². The summed E-state index contributed by atoms with van der Waals surface area (Å²) in [4.78, 5) is 28.0. The highest BCUT2D eigenvalue weighted by Crippen LogP contribution is 2.44. The lowest BCUT2D eigenvalue weighted by molar-refractivity contribution is -0.145. The molecule has 1 aliphatic heterocycles. The molecule has 2 N–H and O–H groups in total. The molecule has 1 aliphatic carbocycles. The smallest absolute Gasteiger partial charge is 0.310 e. The van der Waals surface area contributed by atoms with E-state index in [0.717, 1.165) is 0 Å². The van der Waals surface area contributed by atoms with Crippen LogP contribution in [-0.4, -0.2) is 34.0 Å². The normalized spacial score (nSPS) is 29.1. The van der Waals surface area contributed by atoms with Crippen LogP contribution in [0.4, 0.5) is 0 Å². The lowest BCUT2D eigenvalue weighted by Crippen LogP contribution is -2.31. The van der Waals surface area contributed by atoms with E-state index in [1.54, 1.807) is 24.3 Å². The SMILES string of the molecule is N#Cc1ccc(C2=NO[C@H]3[C@@H]2[C@@H](C(=O)O)C[C@H]3C(=O)O)cc1. The molecule has 0 spiro atoms. The Hall–Kier alpha value is -2.88. The van der Waals surface area contributed by atoms with Crippen molar-refractivity contribution < 1.29 is 24.6 Å². The summed E-state index contributed by atoms with van der Waals surface area (Å²) in [6, 6.07) is 8.53. The first-order valence-corrected chi connectivity index (χ1v) is 6.72. The maximum absolute atomic E-state index is 11.4. The number of carboxylic acid groups (broad SMARTS) is 2. The van der Waals surface area contributed by atoms with Gasteiger partial charge in [0.2, 0.25) is 0 Å². The molecule has 3 rings (SSSR count). The van der Waals surface area contributed by atoms with Crippen molar-refractivity contribution >= 4 is 17.7 Å². The van der Waals surface area contributed by atoms with E-state index in [9.17, 15) is 19.8 Å². The summed E-state index contributed by atoms with van der Waals surface area (Å²) in [6.45, 7) is 0. The number of nitrogens with zero attached hydrogens (tertiary/aromatic N) is 2. The van der Waals surface area contributed by atoms with Crippen molar-refractivity contribution in [2.24, 2.45) is 22.9 Å². The van der Waals surface area contributed by atoms with E-state index in [1.807, 2.05) is 6.07 Å². The molecule has 0 aromatic heterocycles. The lowest BCUT2D eigenvalue weighted by atomic mass is 9.86. The molecular weight excluding hydrogens is 288 g/mol. The number of oxime groups is 1. The van der Waals surface area contributed by atoms with Crippen LogP contribution in [0, 0.1) is 29.1 Å². The fraction of sp³-hybridized carbons (Fsp3) is 0.333. The maximum Gasteiger partial charge on any atom is 0.310 e. The van der Waals surface area contributed by atoms with Gasteiger partial charge in [-0.25, -0.2) is 0 Å². The standard InChI is InChI=1S/C15H12N2O5/c16-6-7-1-3-8(4-2-7)12-11-9(14(18)19)5-10(15(20)21)13(11)22-17-12/h1-4,9-11,13H,5H2,(H,18,19)(H,20,21)/t9-,10+,11+,13+/m0/s1. The van der Waals surface area contributed by atoms with Crippen molar-refractivity contribution in [1.29, 1.82) is 5.26 Å². The first-order valence-electron chi connectivity index (χ1n) is 6.72. The molecule has 1 saturated carbocycles. The summed E-state index contributed by atoms with van der Waals surface area (Å²) in [5.74, 6) is -4.44. The van der Waals surface area contributed by atoms with Crippen molar-refractivity contribution in [2.75, 3.05) is 0 Å². The monoisotopic (exact) mass is 300 g/mol. The van der Waals surface area contributed by atoms with E-state index in [1.165, 1.54) is 0 Å². The van der Waals surface area contributed by atoms with Gasteiger partial charge in [-0.3, -0.25) is 9.59 Å². The fourth-order valence-corrected chi connectivity index (χ4v) is 3.15. The average Bonchev–Trinajstić information content (AvgIpc) is 3.06. The molecule has 4 atom stereocenters. The molecule has 0 saturated heterocycles. The third kappa shape index (κ3) is 2.09. The number of hydrogen-bond donors (Lipinski definition) is 2. The van der Waals surface area contributed by atoms with E-state index in [0.29, 0.717) is 16.8 Å². The molecule has 0 amide bonds. The minimum atomic E-state index is -1.07. The topological polar surface area (TPSA) is 120 Å². The summed E-state index contributed by atoms with van der Waals surface area (Å²) in [5, 5.41) is 31.3. The van der Waals surface area contributed by atoms with Gasteiger partial charge in [-0.2, -0.15) is 5.26 Å². The number of benzene rings is 1. The molecule has 1 aromatic carbocycles. The minimum Gasteiger partial charge on any atom is -0.481 e. The summed E-state index contributed by atoms with van der Waals surface area (Å²) in [7, 11) is 0. The first kappa shape index (κ1) is 14.1. The quantitative estimate of drug-likeness (QED) is 0.861. The third-order valence-corrected chi connectivity index (χ3v) is 4.22. The highest BCUT2D eigenvalue weighted by molar-refractivity contribution is 6.05. The molecule has 112 valence electrons. The molecule has 1 fully saturated rings. The van der Waals surface area contributed by atoms with Crippen molar-refractivity contribution in [3.63, 3.8) is 0 Å². The molecule has 7 heteroatoms. The van der Waals surface area contributed by atoms with Crippen molar-refractivity contribution in [3.8, 4) is 6.07 Å². The first-order chi connectivity index (χ1) is 10.5. The van der Waals surface area contributed by atoms with Crippen LogP contribution in [0.5, 0.6) is 0 Å². The summed E-state index contributed by atoms with van der Waals surface area (Å²) < 4.78 is 0. The molecule has 0 bridgehead atoms. The third-order valence-electron chi connectivity index (χ3n) is 4.22. The second-order valence-corrected chi connectivity index (χ2v) is 5.39. The Morgan fingerprint density at radius 2 is 1.82 bits per heavy atom. The van der Waals surface area contributed by atoms with Crippen LogP contribution in [0.3, 0.4) is 0 Å². The van der Waals surface area contributed by atoms with E-state index in [2.05, 4.69) is 5.16 Å². The Morgan fingerprint density at radius 1 is 1.18 bits per heavy atom. The summed E-state index contributed by atoms with van der Waals surface area (Å²) >= 11 is 0. The number of carboxylic acids is 2. The number of fused-ring (bicyclic) bond motifs is 1. The predicted octanol–water partition coefficient (Wildman–Crippen LogP) is 1.08. The highest BCUT2D eigenvalue weighted by Gasteiger charge is 2.56. The van der Waals surface area contributed by atoms with E-state index in [-0.39, 0.29) is 6.42 Å². The molecule has 0 unspecified atom stereocenters. The Bertz CT molecular complexity index is 704. The molecule has 2 aliphatic rings. The van der Waals surface area contributed by atoms with Crippen LogP contribution in [-0.2, 0) is 14.4 Å². The number of nitriles is 1. The van der Waals surface area contributed by atoms with Gasteiger partial charge >= 0.3 is 11.9 Å². The zero-order valence-electron chi connectivity index (χ0n) is 11.3. The summed E-state index contributed by atoms with van der Waals surface area (Å²) in [5.41, 5.74) is 1.55. The average molecular weight is 300 g/mol. The number of rotatable bonds is 3. The van der Waals surface area contributed by atoms with Gasteiger partial charge < -0.3 is 15.1 Å². The van der Waals surface area contributed by atoms with Gasteiger partial charge in [-0.05, 0) is 24.1 Å². The fourth-order valence-electron chi connectivity index (χ4n) is 3.15. The second kappa shape index (κ2) is 5.15. The van der Waals surface area contributed by atoms with Crippen molar-refractivity contribution in [2.45, 2.75) is 12.5 Å². The van der Waals surface area contributed by atoms with Gasteiger partial charge in [0.1, 0.15) is 6.10 Å². The van der Waals surface area contributed by atoms with Gasteiger partial charge in [0.25, 0.3) is 0 Å². The molecule has 22 heavy (non-hydrogen) atoms. The predicted molar refractivity (Wildman–Crippen MR) is 72.9 cm³/mol. The zero-order valence-corrected chi connectivity index (χ0v) is 11.3. The van der Waals surface area contributed by atoms with Gasteiger partial charge in [-0.15, -0.1) is 0 Å². The van der Waals surface area contributed by atoms with Crippen LogP contribution in [0.2, 0.25) is 0 Å².